The number of benzene rings is 1. The predicted molar refractivity (Wildman–Crippen MR) is 119 cm³/mol. The topological polar surface area (TPSA) is 58.6 Å². The molecular weight excluding hydrogens is 420 g/mol. The van der Waals surface area contributed by atoms with Crippen molar-refractivity contribution in [2.75, 3.05) is 31.1 Å². The fourth-order valence-corrected chi connectivity index (χ4v) is 4.10. The third kappa shape index (κ3) is 5.29. The Balaban J connectivity index is 1.25. The molecule has 1 aliphatic rings. The van der Waals surface area contributed by atoms with Gasteiger partial charge in [0, 0.05) is 37.8 Å². The van der Waals surface area contributed by atoms with Gasteiger partial charge in [-0.25, -0.2) is 9.97 Å². The van der Waals surface area contributed by atoms with Crippen LogP contribution in [-0.2, 0) is 17.8 Å². The summed E-state index contributed by atoms with van der Waals surface area (Å²) < 4.78 is 5.78. The largest absolute Gasteiger partial charge is 0.486 e. The standard InChI is InChI=1S/C22H23ClN4O2S/c1-16-2-5-19(6-3-16)29-14-21-25-18(15-30-21)12-22(28)27-10-8-26(9-11-27)20-7-4-17(23)13-24-20/h2-7,13,15H,8-12,14H2,1H3. The molecule has 4 rings (SSSR count). The number of carbonyl (C=O) groups is 1. The van der Waals surface area contributed by atoms with E-state index in [9.17, 15) is 4.79 Å². The Kier molecular flexibility index (Phi) is 6.50. The minimum Gasteiger partial charge on any atom is -0.486 e. The Bertz CT molecular complexity index is 983. The van der Waals surface area contributed by atoms with Crippen molar-refractivity contribution in [2.45, 2.75) is 20.0 Å². The van der Waals surface area contributed by atoms with E-state index in [1.54, 1.807) is 6.20 Å². The van der Waals surface area contributed by atoms with E-state index in [1.165, 1.54) is 16.9 Å². The van der Waals surface area contributed by atoms with Crippen LogP contribution in [0.4, 0.5) is 5.82 Å². The molecule has 1 amide bonds. The summed E-state index contributed by atoms with van der Waals surface area (Å²) in [5, 5.41) is 3.44. The molecule has 0 bridgehead atoms. The lowest BCUT2D eigenvalue weighted by Gasteiger charge is -2.35. The number of thiazole rings is 1. The number of aromatic nitrogens is 2. The Morgan fingerprint density at radius 2 is 1.90 bits per heavy atom. The highest BCUT2D eigenvalue weighted by molar-refractivity contribution is 7.09. The number of ether oxygens (including phenoxy) is 1. The van der Waals surface area contributed by atoms with Crippen molar-refractivity contribution in [1.82, 2.24) is 14.9 Å². The fraction of sp³-hybridized carbons (Fsp3) is 0.318. The molecule has 1 aromatic carbocycles. The summed E-state index contributed by atoms with van der Waals surface area (Å²) in [5.74, 6) is 1.82. The van der Waals surface area contributed by atoms with Crippen molar-refractivity contribution in [3.05, 3.63) is 69.3 Å². The molecule has 3 aromatic rings. The minimum atomic E-state index is 0.106. The number of carbonyl (C=O) groups excluding carboxylic acids is 1. The Labute approximate surface area is 185 Å². The molecule has 0 aliphatic carbocycles. The van der Waals surface area contributed by atoms with Gasteiger partial charge in [-0.15, -0.1) is 11.3 Å². The quantitative estimate of drug-likeness (QED) is 0.578. The molecule has 1 saturated heterocycles. The van der Waals surface area contributed by atoms with E-state index >= 15 is 0 Å². The summed E-state index contributed by atoms with van der Waals surface area (Å²) in [6.07, 6.45) is 1.97. The van der Waals surface area contributed by atoms with Gasteiger partial charge in [0.25, 0.3) is 0 Å². The lowest BCUT2D eigenvalue weighted by Crippen LogP contribution is -2.49. The van der Waals surface area contributed by atoms with Gasteiger partial charge in [-0.1, -0.05) is 29.3 Å². The summed E-state index contributed by atoms with van der Waals surface area (Å²) in [5.41, 5.74) is 2.00. The van der Waals surface area contributed by atoms with Gasteiger partial charge in [-0.2, -0.15) is 0 Å². The Hall–Kier alpha value is -2.64. The van der Waals surface area contributed by atoms with Crippen LogP contribution in [0, 0.1) is 6.92 Å². The average Bonchev–Trinajstić information content (AvgIpc) is 3.21. The normalized spacial score (nSPS) is 14.1. The van der Waals surface area contributed by atoms with Crippen molar-refractivity contribution in [2.24, 2.45) is 0 Å². The van der Waals surface area contributed by atoms with E-state index in [0.717, 1.165) is 35.4 Å². The van der Waals surface area contributed by atoms with Gasteiger partial charge in [-0.05, 0) is 31.2 Å². The zero-order valence-corrected chi connectivity index (χ0v) is 18.3. The lowest BCUT2D eigenvalue weighted by atomic mass is 10.2. The summed E-state index contributed by atoms with van der Waals surface area (Å²) in [7, 11) is 0. The maximum absolute atomic E-state index is 12.7. The number of piperazine rings is 1. The second kappa shape index (κ2) is 9.45. The van der Waals surface area contributed by atoms with E-state index in [2.05, 4.69) is 14.9 Å². The number of hydrogen-bond acceptors (Lipinski definition) is 6. The van der Waals surface area contributed by atoms with Gasteiger partial charge in [0.05, 0.1) is 17.1 Å². The summed E-state index contributed by atoms with van der Waals surface area (Å²) in [6, 6.07) is 11.7. The number of rotatable bonds is 6. The van der Waals surface area contributed by atoms with Crippen LogP contribution in [0.3, 0.4) is 0 Å². The third-order valence-corrected chi connectivity index (χ3v) is 6.08. The molecule has 2 aromatic heterocycles. The molecule has 0 radical (unpaired) electrons. The molecule has 0 N–H and O–H groups in total. The van der Waals surface area contributed by atoms with Crippen molar-refractivity contribution in [1.29, 1.82) is 0 Å². The molecule has 8 heteroatoms. The number of pyridine rings is 1. The number of halogens is 1. The second-order valence-electron chi connectivity index (χ2n) is 7.21. The predicted octanol–water partition coefficient (Wildman–Crippen LogP) is 3.97. The number of nitrogens with zero attached hydrogens (tertiary/aromatic N) is 4. The first kappa shape index (κ1) is 20.6. The number of anilines is 1. The van der Waals surface area contributed by atoms with Crippen LogP contribution in [0.25, 0.3) is 0 Å². The Morgan fingerprint density at radius 1 is 1.13 bits per heavy atom. The molecule has 0 spiro atoms. The molecule has 0 unspecified atom stereocenters. The van der Waals surface area contributed by atoms with Crippen molar-refractivity contribution < 1.29 is 9.53 Å². The first-order valence-electron chi connectivity index (χ1n) is 9.84. The molecule has 6 nitrogen and oxygen atoms in total. The summed E-state index contributed by atoms with van der Waals surface area (Å²) in [6.45, 7) is 5.32. The van der Waals surface area contributed by atoms with Crippen LogP contribution in [0.1, 0.15) is 16.3 Å². The molecule has 0 saturated carbocycles. The van der Waals surface area contributed by atoms with E-state index in [1.807, 2.05) is 53.6 Å². The molecule has 156 valence electrons. The molecular formula is C22H23ClN4O2S. The zero-order valence-electron chi connectivity index (χ0n) is 16.8. The van der Waals surface area contributed by atoms with E-state index in [-0.39, 0.29) is 5.91 Å². The van der Waals surface area contributed by atoms with Gasteiger partial charge in [-0.3, -0.25) is 4.79 Å². The fourth-order valence-electron chi connectivity index (χ4n) is 3.28. The molecule has 0 atom stereocenters. The van der Waals surface area contributed by atoms with Gasteiger partial charge in [0.1, 0.15) is 23.2 Å². The first-order valence-corrected chi connectivity index (χ1v) is 11.1. The molecule has 3 heterocycles. The zero-order chi connectivity index (χ0) is 20.9. The minimum absolute atomic E-state index is 0.106. The highest BCUT2D eigenvalue weighted by Gasteiger charge is 2.22. The van der Waals surface area contributed by atoms with Crippen LogP contribution >= 0.6 is 22.9 Å². The van der Waals surface area contributed by atoms with Crippen LogP contribution in [0.5, 0.6) is 5.75 Å². The molecule has 1 aliphatic heterocycles. The number of amides is 1. The van der Waals surface area contributed by atoms with E-state index < -0.39 is 0 Å². The van der Waals surface area contributed by atoms with Crippen molar-refractivity contribution in [3.8, 4) is 5.75 Å². The number of aryl methyl sites for hydroxylation is 1. The maximum Gasteiger partial charge on any atom is 0.228 e. The SMILES string of the molecule is Cc1ccc(OCc2nc(CC(=O)N3CCN(c4ccc(Cl)cn4)CC3)cs2)cc1. The Morgan fingerprint density at radius 3 is 2.60 bits per heavy atom. The van der Waals surface area contributed by atoms with Crippen LogP contribution < -0.4 is 9.64 Å². The van der Waals surface area contributed by atoms with Crippen LogP contribution in [-0.4, -0.2) is 47.0 Å². The second-order valence-corrected chi connectivity index (χ2v) is 8.59. The van der Waals surface area contributed by atoms with Crippen LogP contribution in [0.15, 0.2) is 48.0 Å². The molecule has 1 fully saturated rings. The highest BCUT2D eigenvalue weighted by Crippen LogP contribution is 2.18. The van der Waals surface area contributed by atoms with Crippen molar-refractivity contribution in [3.63, 3.8) is 0 Å². The summed E-state index contributed by atoms with van der Waals surface area (Å²) in [4.78, 5) is 25.7. The average molecular weight is 443 g/mol. The van der Waals surface area contributed by atoms with E-state index in [0.29, 0.717) is 31.1 Å². The van der Waals surface area contributed by atoms with E-state index in [4.69, 9.17) is 16.3 Å². The number of hydrogen-bond donors (Lipinski definition) is 0. The van der Waals surface area contributed by atoms with Gasteiger partial charge < -0.3 is 14.5 Å². The highest BCUT2D eigenvalue weighted by atomic mass is 35.5. The smallest absolute Gasteiger partial charge is 0.228 e. The van der Waals surface area contributed by atoms with Crippen LogP contribution in [0.2, 0.25) is 5.02 Å². The summed E-state index contributed by atoms with van der Waals surface area (Å²) >= 11 is 7.43. The lowest BCUT2D eigenvalue weighted by molar-refractivity contribution is -0.130. The van der Waals surface area contributed by atoms with Gasteiger partial charge in [0.15, 0.2) is 0 Å². The monoisotopic (exact) mass is 442 g/mol. The molecule has 30 heavy (non-hydrogen) atoms. The maximum atomic E-state index is 12.7. The van der Waals surface area contributed by atoms with Gasteiger partial charge >= 0.3 is 0 Å². The van der Waals surface area contributed by atoms with Crippen molar-refractivity contribution >= 4 is 34.7 Å². The third-order valence-electron chi connectivity index (χ3n) is 4.98. The first-order chi connectivity index (χ1) is 14.6. The van der Waals surface area contributed by atoms with Gasteiger partial charge in [0.2, 0.25) is 5.91 Å².